The molecule has 1 aromatic rings. The third-order valence-electron chi connectivity index (χ3n) is 5.29. The Bertz CT molecular complexity index is 515. The Labute approximate surface area is 131 Å². The van der Waals surface area contributed by atoms with E-state index in [1.165, 1.54) is 0 Å². The molecule has 0 spiro atoms. The monoisotopic (exact) mass is 312 g/mol. The van der Waals surface area contributed by atoms with Crippen LogP contribution < -0.4 is 5.32 Å². The molecule has 20 heavy (non-hydrogen) atoms. The van der Waals surface area contributed by atoms with E-state index in [2.05, 4.69) is 31.0 Å². The molecular weight excluding hydrogens is 291 g/mol. The Morgan fingerprint density at radius 1 is 1.30 bits per heavy atom. The lowest BCUT2D eigenvalue weighted by atomic mass is 9.84. The molecule has 0 aliphatic carbocycles. The van der Waals surface area contributed by atoms with Gasteiger partial charge in [0.15, 0.2) is 0 Å². The fourth-order valence-electron chi connectivity index (χ4n) is 4.11. The third-order valence-corrected chi connectivity index (χ3v) is 5.87. The van der Waals surface area contributed by atoms with Crippen molar-refractivity contribution in [3.63, 3.8) is 0 Å². The molecule has 3 atom stereocenters. The van der Waals surface area contributed by atoms with E-state index < -0.39 is 0 Å². The van der Waals surface area contributed by atoms with Gasteiger partial charge < -0.3 is 5.32 Å². The van der Waals surface area contributed by atoms with Crippen LogP contribution in [0.25, 0.3) is 0 Å². The van der Waals surface area contributed by atoms with E-state index in [-0.39, 0.29) is 5.54 Å². The molecule has 0 saturated carbocycles. The van der Waals surface area contributed by atoms with Gasteiger partial charge in [0.1, 0.15) is 0 Å². The molecule has 0 bridgehead atoms. The number of nitrogens with zero attached hydrogens (tertiary/aromatic N) is 1. The van der Waals surface area contributed by atoms with Gasteiger partial charge in [-0.2, -0.15) is 0 Å². The van der Waals surface area contributed by atoms with Crippen LogP contribution in [0.3, 0.4) is 0 Å². The van der Waals surface area contributed by atoms with Crippen LogP contribution in [0.15, 0.2) is 18.2 Å². The summed E-state index contributed by atoms with van der Waals surface area (Å²) in [6.45, 7) is 10.4. The van der Waals surface area contributed by atoms with Gasteiger partial charge in [0, 0.05) is 34.7 Å². The molecule has 1 aromatic carbocycles. The molecule has 2 aliphatic heterocycles. The van der Waals surface area contributed by atoms with Crippen molar-refractivity contribution in [3.8, 4) is 0 Å². The minimum absolute atomic E-state index is 0.194. The normalized spacial score (nSPS) is 30.4. The SMILES string of the molecule is CC(c1cc(Cl)ccc1Cl)N1CC2CNCC2C1(C)C. The van der Waals surface area contributed by atoms with E-state index in [1.54, 1.807) is 0 Å². The van der Waals surface area contributed by atoms with Crippen LogP contribution in [0.5, 0.6) is 0 Å². The smallest absolute Gasteiger partial charge is 0.0454 e. The van der Waals surface area contributed by atoms with Crippen molar-refractivity contribution < 1.29 is 0 Å². The largest absolute Gasteiger partial charge is 0.316 e. The molecule has 1 N–H and O–H groups in total. The van der Waals surface area contributed by atoms with Crippen LogP contribution in [0, 0.1) is 11.8 Å². The molecule has 2 aliphatic rings. The highest BCUT2D eigenvalue weighted by Gasteiger charge is 2.51. The predicted octanol–water partition coefficient (Wildman–Crippen LogP) is 3.98. The van der Waals surface area contributed by atoms with Crippen LogP contribution in [0.4, 0.5) is 0 Å². The molecule has 2 fully saturated rings. The van der Waals surface area contributed by atoms with E-state index in [4.69, 9.17) is 23.2 Å². The maximum Gasteiger partial charge on any atom is 0.0454 e. The minimum Gasteiger partial charge on any atom is -0.316 e. The van der Waals surface area contributed by atoms with Crippen LogP contribution in [-0.4, -0.2) is 30.1 Å². The standard InChI is InChI=1S/C16H22Cl2N2/c1-10(13-6-12(17)4-5-15(13)18)20-9-11-7-19-8-14(11)16(20,2)3/h4-6,10-11,14,19H,7-9H2,1-3H3. The summed E-state index contributed by atoms with van der Waals surface area (Å²) in [5.41, 5.74) is 1.33. The summed E-state index contributed by atoms with van der Waals surface area (Å²) in [6, 6.07) is 6.06. The van der Waals surface area contributed by atoms with E-state index in [1.807, 2.05) is 18.2 Å². The summed E-state index contributed by atoms with van der Waals surface area (Å²) in [7, 11) is 0. The quantitative estimate of drug-likeness (QED) is 0.888. The predicted molar refractivity (Wildman–Crippen MR) is 85.5 cm³/mol. The van der Waals surface area contributed by atoms with Gasteiger partial charge in [-0.3, -0.25) is 4.90 Å². The van der Waals surface area contributed by atoms with Gasteiger partial charge in [-0.1, -0.05) is 23.2 Å². The number of fused-ring (bicyclic) bond motifs is 1. The summed E-state index contributed by atoms with van der Waals surface area (Å²) < 4.78 is 0. The average Bonchev–Trinajstić information content (AvgIpc) is 2.94. The second-order valence-electron chi connectivity index (χ2n) is 6.67. The van der Waals surface area contributed by atoms with Crippen molar-refractivity contribution in [2.24, 2.45) is 11.8 Å². The van der Waals surface area contributed by atoms with E-state index >= 15 is 0 Å². The zero-order valence-corrected chi connectivity index (χ0v) is 13.8. The zero-order valence-electron chi connectivity index (χ0n) is 12.3. The highest BCUT2D eigenvalue weighted by atomic mass is 35.5. The molecule has 3 rings (SSSR count). The lowest BCUT2D eigenvalue weighted by Gasteiger charge is -2.40. The van der Waals surface area contributed by atoms with Crippen LogP contribution in [-0.2, 0) is 0 Å². The second kappa shape index (κ2) is 5.17. The number of likely N-dealkylation sites (tertiary alicyclic amines) is 1. The highest BCUT2D eigenvalue weighted by molar-refractivity contribution is 6.33. The van der Waals surface area contributed by atoms with Gasteiger partial charge >= 0.3 is 0 Å². The molecule has 0 amide bonds. The van der Waals surface area contributed by atoms with Gasteiger partial charge in [-0.15, -0.1) is 0 Å². The van der Waals surface area contributed by atoms with Crippen molar-refractivity contribution in [1.82, 2.24) is 10.2 Å². The number of halogens is 2. The number of nitrogens with one attached hydrogen (secondary N) is 1. The number of benzene rings is 1. The van der Waals surface area contributed by atoms with Gasteiger partial charge in [0.2, 0.25) is 0 Å². The van der Waals surface area contributed by atoms with Gasteiger partial charge in [0.25, 0.3) is 0 Å². The third kappa shape index (κ3) is 2.27. The van der Waals surface area contributed by atoms with E-state index in [9.17, 15) is 0 Å². The zero-order chi connectivity index (χ0) is 14.5. The van der Waals surface area contributed by atoms with Gasteiger partial charge in [0.05, 0.1) is 0 Å². The second-order valence-corrected chi connectivity index (χ2v) is 7.52. The first-order valence-corrected chi connectivity index (χ1v) is 8.09. The number of hydrogen-bond donors (Lipinski definition) is 1. The maximum absolute atomic E-state index is 6.39. The topological polar surface area (TPSA) is 15.3 Å². The highest BCUT2D eigenvalue weighted by Crippen LogP contribution is 2.45. The van der Waals surface area contributed by atoms with Crippen LogP contribution in [0.2, 0.25) is 10.0 Å². The summed E-state index contributed by atoms with van der Waals surface area (Å²) in [5, 5.41) is 5.10. The number of hydrogen-bond acceptors (Lipinski definition) is 2. The molecule has 2 nitrogen and oxygen atoms in total. The van der Waals surface area contributed by atoms with Gasteiger partial charge in [-0.05, 0) is 62.9 Å². The average molecular weight is 313 g/mol. The Hall–Kier alpha value is -0.280. The Morgan fingerprint density at radius 2 is 2.05 bits per heavy atom. The lowest BCUT2D eigenvalue weighted by Crippen LogP contribution is -2.45. The first kappa shape index (κ1) is 14.6. The van der Waals surface area contributed by atoms with E-state index in [0.29, 0.717) is 6.04 Å². The first-order valence-electron chi connectivity index (χ1n) is 7.33. The van der Waals surface area contributed by atoms with Gasteiger partial charge in [-0.25, -0.2) is 0 Å². The van der Waals surface area contributed by atoms with Crippen molar-refractivity contribution in [2.75, 3.05) is 19.6 Å². The first-order chi connectivity index (χ1) is 9.41. The maximum atomic E-state index is 6.39. The van der Waals surface area contributed by atoms with Crippen LogP contribution >= 0.6 is 23.2 Å². The molecule has 2 heterocycles. The Morgan fingerprint density at radius 3 is 2.75 bits per heavy atom. The molecule has 0 radical (unpaired) electrons. The number of rotatable bonds is 2. The van der Waals surface area contributed by atoms with Crippen molar-refractivity contribution in [3.05, 3.63) is 33.8 Å². The molecule has 110 valence electrons. The van der Waals surface area contributed by atoms with E-state index in [0.717, 1.165) is 47.1 Å². The lowest BCUT2D eigenvalue weighted by molar-refractivity contribution is 0.0971. The molecular formula is C16H22Cl2N2. The summed E-state index contributed by atoms with van der Waals surface area (Å²) in [4.78, 5) is 2.60. The van der Waals surface area contributed by atoms with Crippen molar-refractivity contribution in [1.29, 1.82) is 0 Å². The van der Waals surface area contributed by atoms with Crippen LogP contribution in [0.1, 0.15) is 32.4 Å². The van der Waals surface area contributed by atoms with Crippen molar-refractivity contribution >= 4 is 23.2 Å². The summed E-state index contributed by atoms with van der Waals surface area (Å²) >= 11 is 12.5. The fourth-order valence-corrected chi connectivity index (χ4v) is 4.57. The molecule has 0 aromatic heterocycles. The minimum atomic E-state index is 0.194. The summed E-state index contributed by atoms with van der Waals surface area (Å²) in [6.07, 6.45) is 0. The Balaban J connectivity index is 1.91. The molecule has 2 saturated heterocycles. The van der Waals surface area contributed by atoms with Crippen molar-refractivity contribution in [2.45, 2.75) is 32.4 Å². The molecule has 4 heteroatoms. The molecule has 3 unspecified atom stereocenters. The fraction of sp³-hybridized carbons (Fsp3) is 0.625. The Kier molecular flexibility index (Phi) is 3.79. The summed E-state index contributed by atoms with van der Waals surface area (Å²) in [5.74, 6) is 1.48.